The number of rotatable bonds is 5. The Hall–Kier alpha value is -3.45. The van der Waals surface area contributed by atoms with Crippen molar-refractivity contribution in [2.45, 2.75) is 13.1 Å². The number of aliphatic hydroxyl groups is 1. The zero-order chi connectivity index (χ0) is 18.2. The summed E-state index contributed by atoms with van der Waals surface area (Å²) < 4.78 is 7.75. The summed E-state index contributed by atoms with van der Waals surface area (Å²) in [6.07, 6.45) is 1.82. The van der Waals surface area contributed by atoms with Crippen molar-refractivity contribution in [3.63, 3.8) is 0 Å². The Balaban J connectivity index is 1.63. The molecule has 0 aliphatic heterocycles. The van der Waals surface area contributed by atoms with Crippen molar-refractivity contribution in [2.75, 3.05) is 11.9 Å². The molecule has 0 atom stereocenters. The van der Waals surface area contributed by atoms with Crippen LogP contribution in [0.4, 0.5) is 5.69 Å². The highest BCUT2D eigenvalue weighted by Crippen LogP contribution is 2.36. The molecule has 3 aromatic heterocycles. The Morgan fingerprint density at radius 2 is 1.85 bits per heavy atom. The van der Waals surface area contributed by atoms with E-state index in [1.54, 1.807) is 4.68 Å². The maximum atomic E-state index is 9.02. The fourth-order valence-corrected chi connectivity index (χ4v) is 3.32. The normalized spacial score (nSPS) is 11.6. The summed E-state index contributed by atoms with van der Waals surface area (Å²) in [4.78, 5) is 4.82. The predicted octanol–water partition coefficient (Wildman–Crippen LogP) is 3.33. The molecule has 0 aliphatic carbocycles. The molecule has 0 amide bonds. The van der Waals surface area contributed by atoms with Gasteiger partial charge in [-0.15, -0.1) is 5.10 Å². The van der Waals surface area contributed by atoms with Crippen molar-refractivity contribution >= 4 is 38.7 Å². The zero-order valence-corrected chi connectivity index (χ0v) is 14.5. The van der Waals surface area contributed by atoms with Crippen LogP contribution in [-0.4, -0.2) is 31.7 Å². The minimum absolute atomic E-state index is 0.0326. The van der Waals surface area contributed by atoms with Gasteiger partial charge in [-0.25, -0.2) is 9.67 Å². The average Bonchev–Trinajstić information content (AvgIpc) is 3.30. The molecule has 7 nitrogen and oxygen atoms in total. The molecule has 0 bridgehead atoms. The van der Waals surface area contributed by atoms with Gasteiger partial charge in [0.15, 0.2) is 5.58 Å². The van der Waals surface area contributed by atoms with Crippen LogP contribution in [0.1, 0.15) is 5.69 Å². The number of furan rings is 1. The van der Waals surface area contributed by atoms with Crippen LogP contribution in [0, 0.1) is 0 Å². The van der Waals surface area contributed by atoms with Crippen LogP contribution < -0.4 is 5.32 Å². The van der Waals surface area contributed by atoms with E-state index < -0.39 is 0 Å². The van der Waals surface area contributed by atoms with E-state index in [9.17, 15) is 0 Å². The Bertz CT molecular complexity index is 1260. The highest BCUT2D eigenvalue weighted by Gasteiger charge is 2.16. The minimum atomic E-state index is 0.0326. The number of pyridine rings is 1. The van der Waals surface area contributed by atoms with Crippen molar-refractivity contribution in [3.8, 4) is 0 Å². The molecule has 0 fully saturated rings. The van der Waals surface area contributed by atoms with Gasteiger partial charge in [0.2, 0.25) is 0 Å². The Labute approximate surface area is 154 Å². The first-order chi connectivity index (χ1) is 13.3. The average molecular weight is 359 g/mol. The van der Waals surface area contributed by atoms with Gasteiger partial charge in [0, 0.05) is 10.8 Å². The van der Waals surface area contributed by atoms with Crippen LogP contribution in [-0.2, 0) is 13.1 Å². The van der Waals surface area contributed by atoms with Crippen LogP contribution in [0.15, 0.2) is 59.1 Å². The van der Waals surface area contributed by atoms with Crippen molar-refractivity contribution in [2.24, 2.45) is 0 Å². The van der Waals surface area contributed by atoms with E-state index in [2.05, 4.69) is 15.6 Å². The van der Waals surface area contributed by atoms with Crippen LogP contribution in [0.3, 0.4) is 0 Å². The Morgan fingerprint density at radius 3 is 2.74 bits per heavy atom. The molecular formula is C20H17N5O2. The third-order valence-electron chi connectivity index (χ3n) is 4.56. The Morgan fingerprint density at radius 1 is 1.04 bits per heavy atom. The first kappa shape index (κ1) is 15.8. The van der Waals surface area contributed by atoms with Crippen molar-refractivity contribution in [3.05, 3.63) is 60.4 Å². The third-order valence-corrected chi connectivity index (χ3v) is 4.56. The fraction of sp³-hybridized carbons (Fsp3) is 0.150. The summed E-state index contributed by atoms with van der Waals surface area (Å²) in [6.45, 7) is 0.954. The lowest BCUT2D eigenvalue weighted by Crippen LogP contribution is -2.02. The maximum Gasteiger partial charge on any atom is 0.177 e. The van der Waals surface area contributed by atoms with E-state index in [0.29, 0.717) is 13.1 Å². The first-order valence-electron chi connectivity index (χ1n) is 8.77. The lowest BCUT2D eigenvalue weighted by atomic mass is 10.1. The van der Waals surface area contributed by atoms with E-state index >= 15 is 0 Å². The minimum Gasteiger partial charge on any atom is -0.452 e. The van der Waals surface area contributed by atoms with Crippen LogP contribution in [0.5, 0.6) is 0 Å². The lowest BCUT2D eigenvalue weighted by Gasteiger charge is -2.09. The molecule has 134 valence electrons. The van der Waals surface area contributed by atoms with Gasteiger partial charge in [0.1, 0.15) is 16.8 Å². The summed E-state index contributed by atoms with van der Waals surface area (Å²) in [7, 11) is 0. The molecule has 0 spiro atoms. The molecule has 5 aromatic rings. The molecule has 0 unspecified atom stereocenters. The van der Waals surface area contributed by atoms with Gasteiger partial charge in [0.25, 0.3) is 0 Å². The number of fused-ring (bicyclic) bond motifs is 4. The summed E-state index contributed by atoms with van der Waals surface area (Å²) in [5, 5.41) is 22.6. The number of aliphatic hydroxyl groups excluding tert-OH is 1. The molecule has 5 rings (SSSR count). The topological polar surface area (TPSA) is 89.0 Å². The van der Waals surface area contributed by atoms with E-state index in [-0.39, 0.29) is 6.61 Å². The summed E-state index contributed by atoms with van der Waals surface area (Å²) in [6, 6.07) is 15.9. The van der Waals surface area contributed by atoms with Gasteiger partial charge < -0.3 is 14.8 Å². The largest absolute Gasteiger partial charge is 0.452 e. The smallest absolute Gasteiger partial charge is 0.177 e. The van der Waals surface area contributed by atoms with Crippen molar-refractivity contribution in [1.82, 2.24) is 20.0 Å². The monoisotopic (exact) mass is 359 g/mol. The number of nitrogens with one attached hydrogen (secondary N) is 1. The molecule has 0 radical (unpaired) electrons. The van der Waals surface area contributed by atoms with Crippen molar-refractivity contribution < 1.29 is 9.52 Å². The Kier molecular flexibility index (Phi) is 3.72. The van der Waals surface area contributed by atoms with Crippen molar-refractivity contribution in [1.29, 1.82) is 0 Å². The molecule has 7 heteroatoms. The molecule has 3 heterocycles. The van der Waals surface area contributed by atoms with Gasteiger partial charge in [-0.05, 0) is 18.2 Å². The molecule has 2 aromatic carbocycles. The quantitative estimate of drug-likeness (QED) is 0.500. The summed E-state index contributed by atoms with van der Waals surface area (Å²) >= 11 is 0. The summed E-state index contributed by atoms with van der Waals surface area (Å²) in [5.41, 5.74) is 4.97. The number of anilines is 1. The number of hydrogen-bond donors (Lipinski definition) is 2. The highest BCUT2D eigenvalue weighted by molar-refractivity contribution is 6.13. The molecule has 27 heavy (non-hydrogen) atoms. The third kappa shape index (κ3) is 2.69. The first-order valence-corrected chi connectivity index (χ1v) is 8.77. The molecule has 0 saturated carbocycles. The molecule has 0 saturated heterocycles. The van der Waals surface area contributed by atoms with Gasteiger partial charge >= 0.3 is 0 Å². The van der Waals surface area contributed by atoms with Gasteiger partial charge in [0.05, 0.1) is 37.1 Å². The lowest BCUT2D eigenvalue weighted by molar-refractivity contribution is 0.268. The highest BCUT2D eigenvalue weighted by atomic mass is 16.3. The number of benzene rings is 2. The number of para-hydroxylation sites is 2. The van der Waals surface area contributed by atoms with Gasteiger partial charge in [-0.3, -0.25) is 0 Å². The summed E-state index contributed by atoms with van der Waals surface area (Å²) in [5.74, 6) is 0. The standard InChI is InChI=1S/C20H17N5O2/c26-10-9-25-12-13(23-24-25)11-21-18-14-5-1-3-7-16(14)22-19-15-6-2-4-8-17(15)27-20(18)19/h1-8,12,26H,9-11H2,(H,21,22). The number of nitrogens with zero attached hydrogens (tertiary/aromatic N) is 4. The van der Waals surface area contributed by atoms with E-state index in [1.807, 2.05) is 54.7 Å². The van der Waals surface area contributed by atoms with E-state index in [4.69, 9.17) is 14.5 Å². The van der Waals surface area contributed by atoms with Crippen LogP contribution in [0.2, 0.25) is 0 Å². The maximum absolute atomic E-state index is 9.02. The van der Waals surface area contributed by atoms with Crippen LogP contribution >= 0.6 is 0 Å². The second-order valence-electron chi connectivity index (χ2n) is 6.33. The number of hydrogen-bond acceptors (Lipinski definition) is 6. The van der Waals surface area contributed by atoms with Crippen LogP contribution in [0.25, 0.3) is 33.0 Å². The zero-order valence-electron chi connectivity index (χ0n) is 14.5. The second kappa shape index (κ2) is 6.37. The molecule has 2 N–H and O–H groups in total. The fourth-order valence-electron chi connectivity index (χ4n) is 3.32. The second-order valence-corrected chi connectivity index (χ2v) is 6.33. The molecular weight excluding hydrogens is 342 g/mol. The predicted molar refractivity (Wildman–Crippen MR) is 103 cm³/mol. The molecule has 0 aliphatic rings. The van der Waals surface area contributed by atoms with Gasteiger partial charge in [-0.1, -0.05) is 35.5 Å². The SMILES string of the molecule is OCCn1cc(CNc2c3ccccc3nc3c2oc2ccccc23)nn1. The van der Waals surface area contributed by atoms with Gasteiger partial charge in [-0.2, -0.15) is 0 Å². The number of aromatic nitrogens is 4. The van der Waals surface area contributed by atoms with E-state index in [1.165, 1.54) is 0 Å². The van der Waals surface area contributed by atoms with E-state index in [0.717, 1.165) is 44.4 Å².